The standard InChI is InChI=1S/C36H28N2O6/c1-21(39)44-25-17-14-23(15-18-25)34(41)32-31(33(40)24-9-7-10-26(20-24)43-2)36(27-11-4-5-12-28(27)37-35(36)42)30-19-16-22-8-3-6-13-29(22)38(30)32/h3-20,30-32H,1-2H3,(H,37,42)/t30-,31-,32+,36+/m0/s1. The summed E-state index contributed by atoms with van der Waals surface area (Å²) in [5.41, 5.74) is 2.17. The predicted octanol–water partition coefficient (Wildman–Crippen LogP) is 5.48. The van der Waals surface area contributed by atoms with Crippen molar-refractivity contribution >= 4 is 40.9 Å². The van der Waals surface area contributed by atoms with Crippen molar-refractivity contribution in [3.63, 3.8) is 0 Å². The Labute approximate surface area is 253 Å². The first-order chi connectivity index (χ1) is 21.3. The molecule has 1 saturated heterocycles. The number of Topliss-reactive ketones (excluding diaryl/α,β-unsaturated/α-hetero) is 2. The minimum absolute atomic E-state index is 0.300. The van der Waals surface area contributed by atoms with Crippen LogP contribution in [-0.4, -0.2) is 42.6 Å². The Morgan fingerprint density at radius 2 is 1.57 bits per heavy atom. The lowest BCUT2D eigenvalue weighted by Crippen LogP contribution is -2.51. The topological polar surface area (TPSA) is 102 Å². The Morgan fingerprint density at radius 3 is 2.34 bits per heavy atom. The van der Waals surface area contributed by atoms with E-state index in [1.54, 1.807) is 48.5 Å². The molecular weight excluding hydrogens is 556 g/mol. The summed E-state index contributed by atoms with van der Waals surface area (Å²) in [6.07, 6.45) is 3.90. The molecule has 44 heavy (non-hydrogen) atoms. The molecule has 218 valence electrons. The number of ketones is 2. The number of hydrogen-bond acceptors (Lipinski definition) is 7. The molecule has 3 heterocycles. The number of fused-ring (bicyclic) bond motifs is 6. The molecule has 0 unspecified atom stereocenters. The molecule has 0 aromatic heterocycles. The van der Waals surface area contributed by atoms with E-state index in [2.05, 4.69) is 5.32 Å². The van der Waals surface area contributed by atoms with Gasteiger partial charge in [-0.2, -0.15) is 0 Å². The molecule has 0 aliphatic carbocycles. The van der Waals surface area contributed by atoms with Crippen LogP contribution in [0, 0.1) is 5.92 Å². The fraction of sp³-hybridized carbons (Fsp3) is 0.167. The highest BCUT2D eigenvalue weighted by Crippen LogP contribution is 2.58. The molecule has 8 nitrogen and oxygen atoms in total. The molecule has 3 aliphatic heterocycles. The number of rotatable bonds is 6. The molecule has 0 radical (unpaired) electrons. The maximum Gasteiger partial charge on any atom is 0.308 e. The lowest BCUT2D eigenvalue weighted by Gasteiger charge is -2.37. The summed E-state index contributed by atoms with van der Waals surface area (Å²) in [6, 6.07) is 26.4. The molecule has 1 amide bonds. The van der Waals surface area contributed by atoms with Crippen LogP contribution >= 0.6 is 0 Å². The molecule has 0 saturated carbocycles. The molecular formula is C36H28N2O6. The van der Waals surface area contributed by atoms with E-state index >= 15 is 0 Å². The van der Waals surface area contributed by atoms with Crippen molar-refractivity contribution in [3.05, 3.63) is 125 Å². The first-order valence-electron chi connectivity index (χ1n) is 14.3. The quantitative estimate of drug-likeness (QED) is 0.182. The lowest BCUT2D eigenvalue weighted by molar-refractivity contribution is -0.131. The number of methoxy groups -OCH3 is 1. The summed E-state index contributed by atoms with van der Waals surface area (Å²) in [5, 5.41) is 3.03. The number of anilines is 2. The van der Waals surface area contributed by atoms with Crippen molar-refractivity contribution in [2.75, 3.05) is 17.3 Å². The Balaban J connectivity index is 1.48. The molecule has 4 atom stereocenters. The Hall–Kier alpha value is -5.50. The zero-order valence-electron chi connectivity index (χ0n) is 24.0. The number of nitrogens with one attached hydrogen (secondary N) is 1. The van der Waals surface area contributed by atoms with Gasteiger partial charge in [-0.15, -0.1) is 0 Å². The van der Waals surface area contributed by atoms with Gasteiger partial charge in [-0.25, -0.2) is 0 Å². The number of carbonyl (C=O) groups excluding carboxylic acids is 4. The van der Waals surface area contributed by atoms with Gasteiger partial charge in [0.25, 0.3) is 0 Å². The summed E-state index contributed by atoms with van der Waals surface area (Å²) in [7, 11) is 1.52. The van der Waals surface area contributed by atoms with Crippen molar-refractivity contribution in [2.24, 2.45) is 5.92 Å². The molecule has 4 aromatic carbocycles. The van der Waals surface area contributed by atoms with Gasteiger partial charge in [0.2, 0.25) is 5.91 Å². The van der Waals surface area contributed by atoms with E-state index in [1.165, 1.54) is 14.0 Å². The van der Waals surface area contributed by atoms with Crippen LogP contribution in [0.2, 0.25) is 0 Å². The van der Waals surface area contributed by atoms with Gasteiger partial charge in [0.15, 0.2) is 11.6 Å². The Kier molecular flexibility index (Phi) is 6.43. The van der Waals surface area contributed by atoms with Gasteiger partial charge in [0.1, 0.15) is 23.0 Å². The Morgan fingerprint density at radius 1 is 0.818 bits per heavy atom. The Bertz CT molecular complexity index is 1880. The van der Waals surface area contributed by atoms with E-state index in [-0.39, 0.29) is 17.5 Å². The van der Waals surface area contributed by atoms with Crippen LogP contribution < -0.4 is 19.7 Å². The van der Waals surface area contributed by atoms with Crippen LogP contribution in [0.25, 0.3) is 6.08 Å². The first-order valence-corrected chi connectivity index (χ1v) is 14.3. The second-order valence-corrected chi connectivity index (χ2v) is 11.1. The number of para-hydroxylation sites is 2. The average Bonchev–Trinajstić information content (AvgIpc) is 3.52. The second kappa shape index (κ2) is 10.3. The third kappa shape index (κ3) is 3.98. The predicted molar refractivity (Wildman–Crippen MR) is 165 cm³/mol. The van der Waals surface area contributed by atoms with Gasteiger partial charge in [-0.1, -0.05) is 60.7 Å². The van der Waals surface area contributed by atoms with Crippen LogP contribution in [0.5, 0.6) is 11.5 Å². The lowest BCUT2D eigenvalue weighted by atomic mass is 9.64. The van der Waals surface area contributed by atoms with Gasteiger partial charge in [0, 0.05) is 29.4 Å². The first kappa shape index (κ1) is 27.3. The van der Waals surface area contributed by atoms with Crippen molar-refractivity contribution in [2.45, 2.75) is 24.4 Å². The number of amides is 1. The number of carbonyl (C=O) groups is 4. The summed E-state index contributed by atoms with van der Waals surface area (Å²) in [6.45, 7) is 1.30. The van der Waals surface area contributed by atoms with Crippen LogP contribution in [-0.2, 0) is 15.0 Å². The van der Waals surface area contributed by atoms with Gasteiger partial charge in [-0.05, 0) is 59.7 Å². The summed E-state index contributed by atoms with van der Waals surface area (Å²) in [4.78, 5) is 57.6. The number of hydrogen-bond donors (Lipinski definition) is 1. The minimum atomic E-state index is -1.42. The third-order valence-electron chi connectivity index (χ3n) is 8.85. The van der Waals surface area contributed by atoms with Crippen molar-refractivity contribution in [1.82, 2.24) is 0 Å². The normalized spacial score (nSPS) is 22.5. The SMILES string of the molecule is COc1cccc(C(=O)[C@@H]2[C@H](C(=O)c3ccc(OC(C)=O)cc3)N3c4ccccc4C=C[C@H]3[C@@]23C(=O)Nc2ccccc23)c1. The van der Waals surface area contributed by atoms with Gasteiger partial charge < -0.3 is 19.7 Å². The fourth-order valence-electron chi connectivity index (χ4n) is 7.10. The van der Waals surface area contributed by atoms with E-state index < -0.39 is 29.4 Å². The van der Waals surface area contributed by atoms with Gasteiger partial charge in [0.05, 0.1) is 19.1 Å². The summed E-state index contributed by atoms with van der Waals surface area (Å²) < 4.78 is 10.6. The monoisotopic (exact) mass is 584 g/mol. The van der Waals surface area contributed by atoms with Crippen molar-refractivity contribution in [3.8, 4) is 11.5 Å². The van der Waals surface area contributed by atoms with E-state index in [1.807, 2.05) is 65.6 Å². The molecule has 0 bridgehead atoms. The summed E-state index contributed by atoms with van der Waals surface area (Å²) in [5.74, 6) is -1.80. The molecule has 1 fully saturated rings. The molecule has 1 N–H and O–H groups in total. The number of esters is 1. The highest BCUT2D eigenvalue weighted by Gasteiger charge is 2.70. The minimum Gasteiger partial charge on any atom is -0.497 e. The van der Waals surface area contributed by atoms with Crippen LogP contribution in [0.15, 0.2) is 103 Å². The van der Waals surface area contributed by atoms with E-state index in [9.17, 15) is 19.2 Å². The highest BCUT2D eigenvalue weighted by molar-refractivity contribution is 6.18. The van der Waals surface area contributed by atoms with Crippen LogP contribution in [0.1, 0.15) is 38.8 Å². The van der Waals surface area contributed by atoms with Crippen LogP contribution in [0.3, 0.4) is 0 Å². The zero-order chi connectivity index (χ0) is 30.6. The maximum absolute atomic E-state index is 14.9. The molecule has 1 spiro atoms. The molecule has 8 heteroatoms. The maximum atomic E-state index is 14.9. The van der Waals surface area contributed by atoms with Crippen molar-refractivity contribution in [1.29, 1.82) is 0 Å². The van der Waals surface area contributed by atoms with Gasteiger partial charge >= 0.3 is 5.97 Å². The van der Waals surface area contributed by atoms with E-state index in [0.717, 1.165) is 11.3 Å². The van der Waals surface area contributed by atoms with E-state index in [0.29, 0.717) is 33.9 Å². The zero-order valence-corrected chi connectivity index (χ0v) is 24.0. The number of benzene rings is 4. The fourth-order valence-corrected chi connectivity index (χ4v) is 7.10. The third-order valence-corrected chi connectivity index (χ3v) is 8.85. The second-order valence-electron chi connectivity index (χ2n) is 11.1. The molecule has 3 aliphatic rings. The molecule has 7 rings (SSSR count). The van der Waals surface area contributed by atoms with E-state index in [4.69, 9.17) is 9.47 Å². The van der Waals surface area contributed by atoms with Crippen LogP contribution in [0.4, 0.5) is 11.4 Å². The average molecular weight is 585 g/mol. The van der Waals surface area contributed by atoms with Gasteiger partial charge in [-0.3, -0.25) is 19.2 Å². The largest absolute Gasteiger partial charge is 0.497 e. The highest BCUT2D eigenvalue weighted by atomic mass is 16.5. The number of nitrogens with zero attached hydrogens (tertiary/aromatic N) is 1. The molecule has 4 aromatic rings. The smallest absolute Gasteiger partial charge is 0.308 e. The summed E-state index contributed by atoms with van der Waals surface area (Å²) >= 11 is 0. The number of ether oxygens (including phenoxy) is 2. The van der Waals surface area contributed by atoms with Crippen molar-refractivity contribution < 1.29 is 28.7 Å².